The molecule has 1 aliphatic heterocycles. The number of hydrogen-bond donors (Lipinski definition) is 1. The highest BCUT2D eigenvalue weighted by Crippen LogP contribution is 2.29. The van der Waals surface area contributed by atoms with Crippen molar-refractivity contribution in [2.45, 2.75) is 5.16 Å². The van der Waals surface area contributed by atoms with Gasteiger partial charge in [-0.25, -0.2) is 0 Å². The fourth-order valence-electron chi connectivity index (χ4n) is 4.11. The molecule has 0 spiro atoms. The van der Waals surface area contributed by atoms with Gasteiger partial charge in [0.2, 0.25) is 5.91 Å². The number of rotatable bonds is 6. The summed E-state index contributed by atoms with van der Waals surface area (Å²) in [5.74, 6) is 1.13. The second kappa shape index (κ2) is 10.0. The van der Waals surface area contributed by atoms with E-state index in [0.717, 1.165) is 24.3 Å². The lowest BCUT2D eigenvalue weighted by Gasteiger charge is -2.36. The first kappa shape index (κ1) is 22.0. The number of aromatic nitrogens is 3. The molecule has 0 aliphatic carbocycles. The third-order valence-electron chi connectivity index (χ3n) is 5.87. The lowest BCUT2D eigenvalue weighted by Crippen LogP contribution is -2.49. The van der Waals surface area contributed by atoms with Gasteiger partial charge in [-0.1, -0.05) is 60.3 Å². The van der Waals surface area contributed by atoms with E-state index in [1.54, 1.807) is 0 Å². The number of anilines is 2. The Hall–Kier alpha value is -3.78. The zero-order chi connectivity index (χ0) is 23.3. The summed E-state index contributed by atoms with van der Waals surface area (Å²) in [7, 11) is 0. The number of piperazine rings is 1. The van der Waals surface area contributed by atoms with Crippen molar-refractivity contribution in [2.75, 3.05) is 42.6 Å². The van der Waals surface area contributed by atoms with Crippen molar-refractivity contribution in [3.63, 3.8) is 0 Å². The number of benzene rings is 3. The average Bonchev–Trinajstić information content (AvgIpc) is 3.32. The molecule has 1 aromatic heterocycles. The van der Waals surface area contributed by atoms with Crippen LogP contribution in [0.1, 0.15) is 0 Å². The SMILES string of the molecule is Nc1cccc(-c2nnc(SCC(=O)N3CCN(c4ccccc4)CC3)n2-c2ccccc2)c1. The molecule has 3 aromatic carbocycles. The van der Waals surface area contributed by atoms with E-state index in [1.807, 2.05) is 82.3 Å². The molecule has 5 rings (SSSR count). The predicted octanol–water partition coefficient (Wildman–Crippen LogP) is 3.96. The Bertz CT molecular complexity index is 1250. The Morgan fingerprint density at radius 1 is 0.824 bits per heavy atom. The number of carbonyl (C=O) groups excluding carboxylic acids is 1. The van der Waals surface area contributed by atoms with Crippen LogP contribution in [0, 0.1) is 0 Å². The van der Waals surface area contributed by atoms with E-state index in [9.17, 15) is 4.79 Å². The van der Waals surface area contributed by atoms with Gasteiger partial charge in [0.05, 0.1) is 5.75 Å². The molecule has 1 fully saturated rings. The van der Waals surface area contributed by atoms with Crippen LogP contribution in [0.2, 0.25) is 0 Å². The number of hydrogen-bond acceptors (Lipinski definition) is 6. The zero-order valence-corrected chi connectivity index (χ0v) is 19.6. The molecular formula is C26H26N6OS. The van der Waals surface area contributed by atoms with Gasteiger partial charge in [-0.05, 0) is 36.4 Å². The third kappa shape index (κ3) is 4.77. The van der Waals surface area contributed by atoms with Crippen LogP contribution in [-0.4, -0.2) is 57.5 Å². The van der Waals surface area contributed by atoms with Crippen molar-refractivity contribution in [2.24, 2.45) is 0 Å². The van der Waals surface area contributed by atoms with Crippen molar-refractivity contribution in [1.82, 2.24) is 19.7 Å². The fraction of sp³-hybridized carbons (Fsp3) is 0.192. The molecule has 0 saturated carbocycles. The molecule has 2 heterocycles. The number of carbonyl (C=O) groups is 1. The quantitative estimate of drug-likeness (QED) is 0.339. The van der Waals surface area contributed by atoms with Gasteiger partial charge >= 0.3 is 0 Å². The number of nitrogen functional groups attached to an aromatic ring is 1. The Kier molecular flexibility index (Phi) is 6.49. The smallest absolute Gasteiger partial charge is 0.233 e. The van der Waals surface area contributed by atoms with Gasteiger partial charge in [0.15, 0.2) is 11.0 Å². The maximum absolute atomic E-state index is 13.0. The van der Waals surface area contributed by atoms with Crippen LogP contribution in [0.3, 0.4) is 0 Å². The molecule has 1 saturated heterocycles. The molecular weight excluding hydrogens is 444 g/mol. The van der Waals surface area contributed by atoms with Gasteiger partial charge in [-0.15, -0.1) is 10.2 Å². The Labute approximate surface area is 203 Å². The summed E-state index contributed by atoms with van der Waals surface area (Å²) in [5, 5.41) is 9.55. The summed E-state index contributed by atoms with van der Waals surface area (Å²) in [4.78, 5) is 17.3. The molecule has 7 nitrogen and oxygen atoms in total. The Morgan fingerprint density at radius 3 is 2.18 bits per heavy atom. The van der Waals surface area contributed by atoms with Gasteiger partial charge in [-0.3, -0.25) is 9.36 Å². The van der Waals surface area contributed by atoms with Crippen LogP contribution in [0.5, 0.6) is 0 Å². The molecule has 0 atom stereocenters. The van der Waals surface area contributed by atoms with Crippen LogP contribution in [0.25, 0.3) is 17.1 Å². The summed E-state index contributed by atoms with van der Waals surface area (Å²) in [6.45, 7) is 3.10. The van der Waals surface area contributed by atoms with Crippen molar-refractivity contribution < 1.29 is 4.79 Å². The van der Waals surface area contributed by atoms with Crippen LogP contribution in [-0.2, 0) is 4.79 Å². The molecule has 8 heteroatoms. The molecule has 1 aliphatic rings. The second-order valence-electron chi connectivity index (χ2n) is 8.09. The van der Waals surface area contributed by atoms with Crippen molar-refractivity contribution in [1.29, 1.82) is 0 Å². The first-order valence-corrected chi connectivity index (χ1v) is 12.2. The number of nitrogens with zero attached hydrogens (tertiary/aromatic N) is 5. The number of amides is 1. The van der Waals surface area contributed by atoms with E-state index >= 15 is 0 Å². The van der Waals surface area contributed by atoms with E-state index < -0.39 is 0 Å². The lowest BCUT2D eigenvalue weighted by molar-refractivity contribution is -0.128. The van der Waals surface area contributed by atoms with Crippen LogP contribution >= 0.6 is 11.8 Å². The van der Waals surface area contributed by atoms with E-state index in [-0.39, 0.29) is 5.91 Å². The standard InChI is InChI=1S/C26H26N6OS/c27-21-9-7-8-20(18-21)25-28-29-26(32(25)23-12-5-2-6-13-23)34-19-24(33)31-16-14-30(15-17-31)22-10-3-1-4-11-22/h1-13,18H,14-17,19,27H2. The molecule has 0 radical (unpaired) electrons. The monoisotopic (exact) mass is 470 g/mol. The van der Waals surface area contributed by atoms with Gasteiger partial charge in [0.1, 0.15) is 0 Å². The highest BCUT2D eigenvalue weighted by Gasteiger charge is 2.23. The van der Waals surface area contributed by atoms with Crippen LogP contribution < -0.4 is 10.6 Å². The van der Waals surface area contributed by atoms with E-state index in [4.69, 9.17) is 5.73 Å². The molecule has 34 heavy (non-hydrogen) atoms. The third-order valence-corrected chi connectivity index (χ3v) is 6.78. The molecule has 2 N–H and O–H groups in total. The molecule has 4 aromatic rings. The molecule has 1 amide bonds. The summed E-state index contributed by atoms with van der Waals surface area (Å²) in [6, 6.07) is 27.9. The van der Waals surface area contributed by atoms with Gasteiger partial charge in [0, 0.05) is 48.8 Å². The number of nitrogens with two attached hydrogens (primary N) is 1. The molecule has 172 valence electrons. The minimum atomic E-state index is 0.117. The maximum atomic E-state index is 13.0. The minimum Gasteiger partial charge on any atom is -0.399 e. The summed E-state index contributed by atoms with van der Waals surface area (Å²) < 4.78 is 1.99. The zero-order valence-electron chi connectivity index (χ0n) is 18.7. The molecule has 0 unspecified atom stereocenters. The van der Waals surface area contributed by atoms with Crippen LogP contribution in [0.4, 0.5) is 11.4 Å². The minimum absolute atomic E-state index is 0.117. The first-order chi connectivity index (χ1) is 16.7. The molecule has 0 bridgehead atoms. The van der Waals surface area contributed by atoms with Crippen molar-refractivity contribution in [3.8, 4) is 17.1 Å². The van der Waals surface area contributed by atoms with E-state index in [2.05, 4.69) is 27.2 Å². The van der Waals surface area contributed by atoms with E-state index in [1.165, 1.54) is 17.4 Å². The summed E-state index contributed by atoms with van der Waals surface area (Å²) in [6.07, 6.45) is 0. The highest BCUT2D eigenvalue weighted by atomic mass is 32.2. The number of thioether (sulfide) groups is 1. The van der Waals surface area contributed by atoms with Crippen molar-refractivity contribution >= 4 is 29.0 Å². The van der Waals surface area contributed by atoms with E-state index in [0.29, 0.717) is 35.5 Å². The second-order valence-corrected chi connectivity index (χ2v) is 9.04. The highest BCUT2D eigenvalue weighted by molar-refractivity contribution is 7.99. The van der Waals surface area contributed by atoms with Gasteiger partial charge in [-0.2, -0.15) is 0 Å². The van der Waals surface area contributed by atoms with Crippen molar-refractivity contribution in [3.05, 3.63) is 84.9 Å². The lowest BCUT2D eigenvalue weighted by atomic mass is 10.2. The first-order valence-electron chi connectivity index (χ1n) is 11.3. The largest absolute Gasteiger partial charge is 0.399 e. The fourth-order valence-corrected chi connectivity index (χ4v) is 4.96. The van der Waals surface area contributed by atoms with Gasteiger partial charge < -0.3 is 15.5 Å². The predicted molar refractivity (Wildman–Crippen MR) is 137 cm³/mol. The summed E-state index contributed by atoms with van der Waals surface area (Å²) >= 11 is 1.41. The van der Waals surface area contributed by atoms with Gasteiger partial charge in [0.25, 0.3) is 0 Å². The number of para-hydroxylation sites is 2. The Balaban J connectivity index is 1.30. The Morgan fingerprint density at radius 2 is 1.50 bits per heavy atom. The maximum Gasteiger partial charge on any atom is 0.233 e. The topological polar surface area (TPSA) is 80.3 Å². The average molecular weight is 471 g/mol. The normalized spacial score (nSPS) is 13.8. The summed E-state index contributed by atoms with van der Waals surface area (Å²) in [5.41, 5.74) is 9.69. The van der Waals surface area contributed by atoms with Crippen LogP contribution in [0.15, 0.2) is 90.1 Å².